The van der Waals surface area contributed by atoms with E-state index in [1.54, 1.807) is 0 Å². The summed E-state index contributed by atoms with van der Waals surface area (Å²) in [5.41, 5.74) is -0.334. The Morgan fingerprint density at radius 1 is 1.59 bits per heavy atom. The lowest BCUT2D eigenvalue weighted by atomic mass is 10.2. The van der Waals surface area contributed by atoms with Gasteiger partial charge in [-0.2, -0.15) is 5.10 Å². The molecular formula is C9H12F2N2O3S. The van der Waals surface area contributed by atoms with Gasteiger partial charge in [-0.3, -0.25) is 4.68 Å². The minimum atomic E-state index is -3.15. The lowest BCUT2D eigenvalue weighted by Crippen LogP contribution is -2.16. The fraction of sp³-hybridized carbons (Fsp3) is 0.667. The van der Waals surface area contributed by atoms with E-state index < -0.39 is 28.9 Å². The van der Waals surface area contributed by atoms with Crippen LogP contribution < -0.4 is 0 Å². The number of aliphatic hydroxyl groups is 1. The quantitative estimate of drug-likeness (QED) is 0.873. The van der Waals surface area contributed by atoms with E-state index >= 15 is 0 Å². The van der Waals surface area contributed by atoms with Crippen molar-refractivity contribution in [2.75, 3.05) is 11.5 Å². The molecule has 0 aliphatic carbocycles. The normalized spacial score (nSPS) is 23.4. The first-order valence-electron chi connectivity index (χ1n) is 5.10. The number of hydrogen-bond donors (Lipinski definition) is 1. The molecule has 1 aliphatic heterocycles. The van der Waals surface area contributed by atoms with Gasteiger partial charge in [0.15, 0.2) is 9.84 Å². The van der Waals surface area contributed by atoms with Crippen LogP contribution in [0.2, 0.25) is 0 Å². The highest BCUT2D eigenvalue weighted by atomic mass is 32.2. The Bertz CT molecular complexity index is 512. The Morgan fingerprint density at radius 3 is 2.76 bits per heavy atom. The van der Waals surface area contributed by atoms with Crippen molar-refractivity contribution < 1.29 is 22.3 Å². The van der Waals surface area contributed by atoms with Crippen molar-refractivity contribution >= 4 is 9.84 Å². The van der Waals surface area contributed by atoms with E-state index in [2.05, 4.69) is 5.10 Å². The molecule has 1 N–H and O–H groups in total. The van der Waals surface area contributed by atoms with Crippen LogP contribution in [0.5, 0.6) is 0 Å². The largest absolute Gasteiger partial charge is 0.392 e. The van der Waals surface area contributed by atoms with Gasteiger partial charge in [0, 0.05) is 5.56 Å². The second kappa shape index (κ2) is 4.34. The summed E-state index contributed by atoms with van der Waals surface area (Å²) in [5.74, 6) is -0.173. The molecule has 0 aromatic carbocycles. The standard InChI is InChI=1S/C9H12F2N2O3S/c10-9(11)8-6(4-14)3-12-13(8)7-1-2-17(15,16)5-7/h3,7,9,14H,1-2,4-5H2. The topological polar surface area (TPSA) is 72.2 Å². The predicted octanol–water partition coefficient (Wildman–Crippen LogP) is 0.673. The Hall–Kier alpha value is -1.02. The summed E-state index contributed by atoms with van der Waals surface area (Å²) in [6.07, 6.45) is -1.33. The van der Waals surface area contributed by atoms with Crippen molar-refractivity contribution in [2.45, 2.75) is 25.5 Å². The Kier molecular flexibility index (Phi) is 3.17. The number of aromatic nitrogens is 2. The number of hydrogen-bond acceptors (Lipinski definition) is 4. The van der Waals surface area contributed by atoms with Gasteiger partial charge in [0.05, 0.1) is 30.4 Å². The van der Waals surface area contributed by atoms with E-state index in [0.29, 0.717) is 0 Å². The molecule has 1 aromatic heterocycles. The zero-order valence-corrected chi connectivity index (χ0v) is 9.70. The van der Waals surface area contributed by atoms with Gasteiger partial charge in [-0.1, -0.05) is 0 Å². The van der Waals surface area contributed by atoms with E-state index in [4.69, 9.17) is 5.11 Å². The summed E-state index contributed by atoms with van der Waals surface area (Å²) >= 11 is 0. The van der Waals surface area contributed by atoms with Crippen molar-refractivity contribution in [2.24, 2.45) is 0 Å². The molecule has 0 amide bonds. The first-order chi connectivity index (χ1) is 7.94. The maximum absolute atomic E-state index is 12.8. The van der Waals surface area contributed by atoms with Crippen LogP contribution in [0.4, 0.5) is 8.78 Å². The van der Waals surface area contributed by atoms with Gasteiger partial charge in [0.2, 0.25) is 0 Å². The minimum absolute atomic E-state index is 0.00529. The van der Waals surface area contributed by atoms with Gasteiger partial charge < -0.3 is 5.11 Å². The lowest BCUT2D eigenvalue weighted by molar-refractivity contribution is 0.132. The maximum Gasteiger partial charge on any atom is 0.280 e. The number of sulfone groups is 1. The highest BCUT2D eigenvalue weighted by molar-refractivity contribution is 7.91. The average Bonchev–Trinajstić information content (AvgIpc) is 2.80. The van der Waals surface area contributed by atoms with Gasteiger partial charge in [-0.25, -0.2) is 17.2 Å². The number of nitrogens with zero attached hydrogens (tertiary/aromatic N) is 2. The highest BCUT2D eigenvalue weighted by Gasteiger charge is 2.33. The zero-order chi connectivity index (χ0) is 12.6. The van der Waals surface area contributed by atoms with Gasteiger partial charge in [-0.15, -0.1) is 0 Å². The molecule has 8 heteroatoms. The van der Waals surface area contributed by atoms with Gasteiger partial charge >= 0.3 is 0 Å². The lowest BCUT2D eigenvalue weighted by Gasteiger charge is -2.13. The Morgan fingerprint density at radius 2 is 2.29 bits per heavy atom. The number of rotatable bonds is 3. The highest BCUT2D eigenvalue weighted by Crippen LogP contribution is 2.30. The molecule has 2 heterocycles. The molecule has 1 fully saturated rings. The van der Waals surface area contributed by atoms with Crippen LogP contribution in [0.3, 0.4) is 0 Å². The second-order valence-corrected chi connectivity index (χ2v) is 6.24. The molecule has 0 saturated carbocycles. The number of alkyl halides is 2. The summed E-state index contributed by atoms with van der Waals surface area (Å²) in [7, 11) is -3.15. The number of halogens is 2. The molecule has 96 valence electrons. The van der Waals surface area contributed by atoms with E-state index in [-0.39, 0.29) is 29.2 Å². The van der Waals surface area contributed by atoms with Gasteiger partial charge in [0.25, 0.3) is 6.43 Å². The second-order valence-electron chi connectivity index (χ2n) is 4.02. The minimum Gasteiger partial charge on any atom is -0.392 e. The molecule has 1 atom stereocenters. The molecule has 0 radical (unpaired) electrons. The van der Waals surface area contributed by atoms with Crippen molar-refractivity contribution in [1.82, 2.24) is 9.78 Å². The van der Waals surface area contributed by atoms with Crippen LogP contribution in [-0.2, 0) is 16.4 Å². The first kappa shape index (κ1) is 12.4. The molecule has 0 bridgehead atoms. The molecule has 0 spiro atoms. The SMILES string of the molecule is O=S1(=O)CCC(n2ncc(CO)c2C(F)F)C1. The maximum atomic E-state index is 12.8. The van der Waals surface area contributed by atoms with E-state index in [1.807, 2.05) is 0 Å². The van der Waals surface area contributed by atoms with Crippen LogP contribution in [0.15, 0.2) is 6.20 Å². The van der Waals surface area contributed by atoms with Crippen LogP contribution in [-0.4, -0.2) is 34.8 Å². The average molecular weight is 266 g/mol. The Labute approximate surface area is 97.0 Å². The van der Waals surface area contributed by atoms with Crippen LogP contribution in [0, 0.1) is 0 Å². The van der Waals surface area contributed by atoms with Crippen molar-refractivity contribution in [1.29, 1.82) is 0 Å². The third-order valence-electron chi connectivity index (χ3n) is 2.85. The first-order valence-corrected chi connectivity index (χ1v) is 6.92. The van der Waals surface area contributed by atoms with Crippen molar-refractivity contribution in [3.8, 4) is 0 Å². The summed E-state index contributed by atoms with van der Waals surface area (Å²) < 4.78 is 49.3. The number of aliphatic hydroxyl groups excluding tert-OH is 1. The van der Waals surface area contributed by atoms with Gasteiger partial charge in [0.1, 0.15) is 5.69 Å². The fourth-order valence-corrected chi connectivity index (χ4v) is 3.72. The zero-order valence-electron chi connectivity index (χ0n) is 8.88. The smallest absolute Gasteiger partial charge is 0.280 e. The summed E-state index contributed by atoms with van der Waals surface area (Å²) in [4.78, 5) is 0. The van der Waals surface area contributed by atoms with Crippen LogP contribution in [0.25, 0.3) is 0 Å². The van der Waals surface area contributed by atoms with E-state index in [1.165, 1.54) is 0 Å². The van der Waals surface area contributed by atoms with Crippen LogP contribution in [0.1, 0.15) is 30.1 Å². The van der Waals surface area contributed by atoms with E-state index in [9.17, 15) is 17.2 Å². The summed E-state index contributed by atoms with van der Waals surface area (Å²) in [6, 6.07) is -0.552. The van der Waals surface area contributed by atoms with Crippen molar-refractivity contribution in [3.63, 3.8) is 0 Å². The molecular weight excluding hydrogens is 254 g/mol. The van der Waals surface area contributed by atoms with Crippen LogP contribution >= 0.6 is 0 Å². The van der Waals surface area contributed by atoms with E-state index in [0.717, 1.165) is 10.9 Å². The molecule has 1 aromatic rings. The molecule has 17 heavy (non-hydrogen) atoms. The Balaban J connectivity index is 2.36. The monoisotopic (exact) mass is 266 g/mol. The molecule has 1 saturated heterocycles. The fourth-order valence-electron chi connectivity index (χ4n) is 2.03. The van der Waals surface area contributed by atoms with Crippen molar-refractivity contribution in [3.05, 3.63) is 17.5 Å². The summed E-state index contributed by atoms with van der Waals surface area (Å²) in [5, 5.41) is 12.7. The summed E-state index contributed by atoms with van der Waals surface area (Å²) in [6.45, 7) is -0.529. The van der Waals surface area contributed by atoms with Gasteiger partial charge in [-0.05, 0) is 6.42 Å². The third kappa shape index (κ3) is 2.32. The third-order valence-corrected chi connectivity index (χ3v) is 4.60. The predicted molar refractivity (Wildman–Crippen MR) is 55.4 cm³/mol. The molecule has 1 unspecified atom stereocenters. The molecule has 2 rings (SSSR count). The molecule has 5 nitrogen and oxygen atoms in total. The molecule has 1 aliphatic rings.